The van der Waals surface area contributed by atoms with Crippen molar-refractivity contribution in [2.45, 2.75) is 32.9 Å². The van der Waals surface area contributed by atoms with Crippen LogP contribution in [0.3, 0.4) is 0 Å². The van der Waals surface area contributed by atoms with E-state index in [9.17, 15) is 14.7 Å². The molecule has 0 fully saturated rings. The van der Waals surface area contributed by atoms with Crippen molar-refractivity contribution < 1.29 is 14.7 Å². The molecular weight excluding hydrogens is 424 g/mol. The number of nitrogens with zero attached hydrogens (tertiary/aromatic N) is 6. The number of pyridine rings is 2. The molecule has 172 valence electrons. The van der Waals surface area contributed by atoms with Crippen LogP contribution in [0.2, 0.25) is 0 Å². The Morgan fingerprint density at radius 2 is 2.12 bits per heavy atom. The number of anilines is 1. The summed E-state index contributed by atoms with van der Waals surface area (Å²) < 4.78 is 1.72. The first-order valence-corrected chi connectivity index (χ1v) is 10.8. The smallest absolute Gasteiger partial charge is 0.317 e. The van der Waals surface area contributed by atoms with Crippen LogP contribution in [0.1, 0.15) is 41.5 Å². The van der Waals surface area contributed by atoms with Gasteiger partial charge in [-0.05, 0) is 49.6 Å². The number of rotatable bonds is 6. The molecule has 33 heavy (non-hydrogen) atoms. The molecule has 11 nitrogen and oxygen atoms in total. The van der Waals surface area contributed by atoms with Crippen LogP contribution in [0, 0.1) is 0 Å². The monoisotopic (exact) mass is 450 g/mol. The zero-order valence-electron chi connectivity index (χ0n) is 18.5. The Balaban J connectivity index is 1.51. The lowest BCUT2D eigenvalue weighted by Crippen LogP contribution is -2.42. The maximum Gasteiger partial charge on any atom is 0.317 e. The van der Waals surface area contributed by atoms with Crippen LogP contribution < -0.4 is 10.6 Å². The predicted molar refractivity (Wildman–Crippen MR) is 120 cm³/mol. The zero-order chi connectivity index (χ0) is 23.4. The molecule has 4 heterocycles. The molecular formula is C22H26N8O3. The van der Waals surface area contributed by atoms with E-state index in [2.05, 4.69) is 30.8 Å². The minimum atomic E-state index is -0.400. The van der Waals surface area contributed by atoms with Gasteiger partial charge in [-0.25, -0.2) is 9.78 Å². The van der Waals surface area contributed by atoms with Crippen LogP contribution >= 0.6 is 0 Å². The van der Waals surface area contributed by atoms with Crippen LogP contribution in [-0.2, 0) is 13.0 Å². The third-order valence-corrected chi connectivity index (χ3v) is 5.47. The molecule has 1 atom stereocenters. The van der Waals surface area contributed by atoms with Gasteiger partial charge in [0.05, 0.1) is 12.6 Å². The lowest BCUT2D eigenvalue weighted by molar-refractivity contribution is 0.102. The number of fused-ring (bicyclic) bond motifs is 1. The van der Waals surface area contributed by atoms with E-state index in [-0.39, 0.29) is 24.4 Å². The summed E-state index contributed by atoms with van der Waals surface area (Å²) in [7, 11) is 0. The van der Waals surface area contributed by atoms with Gasteiger partial charge in [0, 0.05) is 25.8 Å². The molecule has 1 aliphatic heterocycles. The summed E-state index contributed by atoms with van der Waals surface area (Å²) in [4.78, 5) is 35.5. The normalized spacial score (nSPS) is 13.8. The first-order valence-electron chi connectivity index (χ1n) is 10.8. The number of hydrogen-bond acceptors (Lipinski definition) is 7. The molecule has 0 saturated carbocycles. The zero-order valence-corrected chi connectivity index (χ0v) is 18.5. The van der Waals surface area contributed by atoms with Crippen molar-refractivity contribution in [3.05, 3.63) is 53.6 Å². The molecule has 1 aliphatic rings. The quantitative estimate of drug-likeness (QED) is 0.519. The maximum atomic E-state index is 12.9. The van der Waals surface area contributed by atoms with Gasteiger partial charge in [-0.15, -0.1) is 10.2 Å². The van der Waals surface area contributed by atoms with Crippen LogP contribution in [0.5, 0.6) is 0 Å². The molecule has 3 amide bonds. The molecule has 0 spiro atoms. The number of urea groups is 1. The van der Waals surface area contributed by atoms with Crippen molar-refractivity contribution in [2.75, 3.05) is 25.0 Å². The van der Waals surface area contributed by atoms with Gasteiger partial charge in [-0.3, -0.25) is 9.78 Å². The number of hydrogen-bond donors (Lipinski definition) is 3. The van der Waals surface area contributed by atoms with Crippen molar-refractivity contribution in [3.8, 4) is 11.5 Å². The molecule has 0 bridgehead atoms. The second-order valence-electron chi connectivity index (χ2n) is 7.80. The van der Waals surface area contributed by atoms with Crippen LogP contribution in [0.15, 0.2) is 36.8 Å². The Kier molecular flexibility index (Phi) is 6.59. The fourth-order valence-electron chi connectivity index (χ4n) is 3.64. The third-order valence-electron chi connectivity index (χ3n) is 5.47. The van der Waals surface area contributed by atoms with Crippen molar-refractivity contribution >= 4 is 17.8 Å². The number of nitrogens with one attached hydrogen (secondary N) is 2. The SMILES string of the molecule is CCNC(=O)N1CCc2cnc(C(=O)Nc3cccc(-c4nncn4[C@H](C)CO)n3)cc2C1. The summed E-state index contributed by atoms with van der Waals surface area (Å²) >= 11 is 0. The van der Waals surface area contributed by atoms with E-state index in [1.165, 1.54) is 6.33 Å². The number of carbonyl (C=O) groups is 2. The first kappa shape index (κ1) is 22.3. The summed E-state index contributed by atoms with van der Waals surface area (Å²) in [6, 6.07) is 6.58. The topological polar surface area (TPSA) is 138 Å². The largest absolute Gasteiger partial charge is 0.394 e. The van der Waals surface area contributed by atoms with E-state index in [0.29, 0.717) is 43.4 Å². The minimum Gasteiger partial charge on any atom is -0.394 e. The molecule has 3 aromatic heterocycles. The summed E-state index contributed by atoms with van der Waals surface area (Å²) in [5.41, 5.74) is 2.70. The summed E-state index contributed by atoms with van der Waals surface area (Å²) in [6.45, 7) is 5.25. The number of aromatic nitrogens is 5. The highest BCUT2D eigenvalue weighted by atomic mass is 16.3. The van der Waals surface area contributed by atoms with E-state index in [0.717, 1.165) is 11.1 Å². The molecule has 0 unspecified atom stereocenters. The molecule has 0 aromatic carbocycles. The molecule has 4 rings (SSSR count). The van der Waals surface area contributed by atoms with Gasteiger partial charge in [0.1, 0.15) is 23.5 Å². The highest BCUT2D eigenvalue weighted by Crippen LogP contribution is 2.22. The number of amides is 3. The van der Waals surface area contributed by atoms with E-state index >= 15 is 0 Å². The molecule has 11 heteroatoms. The third kappa shape index (κ3) is 4.82. The second-order valence-corrected chi connectivity index (χ2v) is 7.80. The van der Waals surface area contributed by atoms with Gasteiger partial charge >= 0.3 is 6.03 Å². The Hall–Kier alpha value is -3.86. The number of aliphatic hydroxyl groups excluding tert-OH is 1. The standard InChI is InChI=1S/C22H26N8O3/c1-3-23-22(33)29-8-7-15-10-24-18(9-16(15)11-29)21(32)27-19-6-4-5-17(26-19)20-28-25-13-30(20)14(2)12-31/h4-6,9-10,13-14,31H,3,7-8,11-12H2,1-2H3,(H,23,33)(H,26,27,32)/t14-/m1/s1. The van der Waals surface area contributed by atoms with Gasteiger partial charge in [0.15, 0.2) is 5.82 Å². The lowest BCUT2D eigenvalue weighted by atomic mass is 10.0. The van der Waals surface area contributed by atoms with E-state index < -0.39 is 5.91 Å². The van der Waals surface area contributed by atoms with Crippen LogP contribution in [-0.4, -0.2) is 66.4 Å². The number of carbonyl (C=O) groups excluding carboxylic acids is 2. The number of aliphatic hydroxyl groups is 1. The van der Waals surface area contributed by atoms with Gasteiger partial charge in [0.25, 0.3) is 5.91 Å². The molecule has 3 N–H and O–H groups in total. The lowest BCUT2D eigenvalue weighted by Gasteiger charge is -2.28. The highest BCUT2D eigenvalue weighted by Gasteiger charge is 2.22. The van der Waals surface area contributed by atoms with Crippen molar-refractivity contribution in [3.63, 3.8) is 0 Å². The highest BCUT2D eigenvalue weighted by molar-refractivity contribution is 6.02. The summed E-state index contributed by atoms with van der Waals surface area (Å²) in [5.74, 6) is 0.431. The fraction of sp³-hybridized carbons (Fsp3) is 0.364. The first-order chi connectivity index (χ1) is 16.0. The van der Waals surface area contributed by atoms with E-state index in [1.54, 1.807) is 39.9 Å². The average Bonchev–Trinajstić information content (AvgIpc) is 3.33. The van der Waals surface area contributed by atoms with Crippen LogP contribution in [0.4, 0.5) is 10.6 Å². The Bertz CT molecular complexity index is 1160. The van der Waals surface area contributed by atoms with Gasteiger partial charge in [-0.2, -0.15) is 0 Å². The van der Waals surface area contributed by atoms with E-state index in [4.69, 9.17) is 0 Å². The molecule has 0 aliphatic carbocycles. The second kappa shape index (κ2) is 9.74. The van der Waals surface area contributed by atoms with Gasteiger partial charge in [0.2, 0.25) is 0 Å². The van der Waals surface area contributed by atoms with E-state index in [1.807, 2.05) is 13.8 Å². The maximum absolute atomic E-state index is 12.9. The Labute approximate surface area is 190 Å². The van der Waals surface area contributed by atoms with Gasteiger partial charge in [-0.1, -0.05) is 6.07 Å². The van der Waals surface area contributed by atoms with Crippen LogP contribution in [0.25, 0.3) is 11.5 Å². The van der Waals surface area contributed by atoms with Gasteiger partial charge < -0.3 is 25.2 Å². The molecule has 0 radical (unpaired) electrons. The summed E-state index contributed by atoms with van der Waals surface area (Å²) in [6.07, 6.45) is 3.92. The van der Waals surface area contributed by atoms with Crippen molar-refractivity contribution in [1.29, 1.82) is 0 Å². The predicted octanol–water partition coefficient (Wildman–Crippen LogP) is 1.63. The molecule has 3 aromatic rings. The molecule has 0 saturated heterocycles. The Morgan fingerprint density at radius 3 is 2.91 bits per heavy atom. The fourth-order valence-corrected chi connectivity index (χ4v) is 3.64. The summed E-state index contributed by atoms with van der Waals surface area (Å²) in [5, 5.41) is 23.0. The minimum absolute atomic E-state index is 0.0665. The average molecular weight is 451 g/mol. The van der Waals surface area contributed by atoms with Crippen molar-refractivity contribution in [1.82, 2.24) is 34.9 Å². The Morgan fingerprint density at radius 1 is 1.27 bits per heavy atom. The van der Waals surface area contributed by atoms with Crippen molar-refractivity contribution in [2.24, 2.45) is 0 Å².